The van der Waals surface area contributed by atoms with E-state index in [1.807, 2.05) is 36.4 Å². The van der Waals surface area contributed by atoms with Gasteiger partial charge in [-0.1, -0.05) is 89.0 Å². The predicted molar refractivity (Wildman–Crippen MR) is 133 cm³/mol. The van der Waals surface area contributed by atoms with Gasteiger partial charge in [-0.2, -0.15) is 5.23 Å². The molecule has 1 unspecified atom stereocenters. The van der Waals surface area contributed by atoms with Gasteiger partial charge < -0.3 is 15.8 Å². The maximum absolute atomic E-state index is 12.5. The minimum atomic E-state index is -0.919. The van der Waals surface area contributed by atoms with Crippen LogP contribution in [0.3, 0.4) is 0 Å². The molecule has 0 heterocycles. The van der Waals surface area contributed by atoms with Crippen molar-refractivity contribution in [2.75, 3.05) is 6.54 Å². The van der Waals surface area contributed by atoms with Gasteiger partial charge in [-0.25, -0.2) is 5.21 Å². The van der Waals surface area contributed by atoms with Gasteiger partial charge in [-0.05, 0) is 29.7 Å². The first-order chi connectivity index (χ1) is 16.1. The third-order valence-electron chi connectivity index (χ3n) is 5.86. The van der Waals surface area contributed by atoms with E-state index in [2.05, 4.69) is 17.6 Å². The lowest BCUT2D eigenvalue weighted by atomic mass is 10.1. The number of carbonyl (C=O) groups excluding carboxylic acids is 1. The second-order valence-corrected chi connectivity index (χ2v) is 8.74. The maximum Gasteiger partial charge on any atom is 0.251 e. The summed E-state index contributed by atoms with van der Waals surface area (Å²) in [5.41, 5.74) is 3.04. The van der Waals surface area contributed by atoms with Gasteiger partial charge in [-0.15, -0.1) is 0 Å². The van der Waals surface area contributed by atoms with Crippen molar-refractivity contribution in [1.82, 2.24) is 10.6 Å². The number of benzene rings is 2. The lowest BCUT2D eigenvalue weighted by Crippen LogP contribution is -2.99. The van der Waals surface area contributed by atoms with Crippen LogP contribution in [0.4, 0.5) is 5.69 Å². The number of nitrogens with one attached hydrogen (secondary N) is 3. The second kappa shape index (κ2) is 16.4. The van der Waals surface area contributed by atoms with Crippen molar-refractivity contribution < 1.29 is 15.2 Å². The molecule has 1 atom stereocenters. The van der Waals surface area contributed by atoms with E-state index in [0.717, 1.165) is 24.1 Å². The van der Waals surface area contributed by atoms with E-state index < -0.39 is 5.23 Å². The van der Waals surface area contributed by atoms with Gasteiger partial charge in [0, 0.05) is 37.3 Å². The van der Waals surface area contributed by atoms with Crippen molar-refractivity contribution >= 4 is 11.6 Å². The van der Waals surface area contributed by atoms with Crippen LogP contribution in [0.15, 0.2) is 48.5 Å². The number of hydrogen-bond acceptors (Lipinski definition) is 4. The van der Waals surface area contributed by atoms with Crippen LogP contribution in [0.1, 0.15) is 92.6 Å². The summed E-state index contributed by atoms with van der Waals surface area (Å²) in [6.07, 6.45) is 12.9. The Morgan fingerprint density at radius 3 is 2.09 bits per heavy atom. The third-order valence-corrected chi connectivity index (χ3v) is 5.86. The molecule has 0 aliphatic carbocycles. The molecule has 1 amide bonds. The van der Waals surface area contributed by atoms with Gasteiger partial charge in [-0.3, -0.25) is 4.79 Å². The van der Waals surface area contributed by atoms with Crippen molar-refractivity contribution in [2.45, 2.75) is 84.2 Å². The van der Waals surface area contributed by atoms with Crippen molar-refractivity contribution in [2.24, 2.45) is 0 Å². The fraction of sp³-hybridized carbons (Fsp3) is 0.519. The fourth-order valence-corrected chi connectivity index (χ4v) is 3.86. The lowest BCUT2D eigenvalue weighted by Gasteiger charge is -2.12. The van der Waals surface area contributed by atoms with Crippen LogP contribution >= 0.6 is 0 Å². The molecule has 2 aromatic rings. The molecule has 182 valence electrons. The molecule has 0 spiro atoms. The summed E-state index contributed by atoms with van der Waals surface area (Å²) in [4.78, 5) is 12.5. The highest BCUT2D eigenvalue weighted by Crippen LogP contribution is 2.11. The van der Waals surface area contributed by atoms with Crippen LogP contribution in [-0.4, -0.2) is 17.7 Å². The molecule has 0 bridgehead atoms. The molecule has 0 radical (unpaired) electrons. The number of unbranched alkanes of at least 4 members (excludes halogenated alkanes) is 9. The molecule has 2 rings (SSSR count). The average Bonchev–Trinajstić information content (AvgIpc) is 2.83. The summed E-state index contributed by atoms with van der Waals surface area (Å²) < 4.78 is 0. The zero-order valence-electron chi connectivity index (χ0n) is 20.1. The second-order valence-electron chi connectivity index (χ2n) is 8.74. The fourth-order valence-electron chi connectivity index (χ4n) is 3.86. The van der Waals surface area contributed by atoms with E-state index >= 15 is 0 Å². The SMILES string of the molecule is CCCCCCCCCCCCNC(=O)c1cccc(CNCc2ccc([NH+]([O-])O)cc2)c1. The molecular formula is C27H41N3O3. The predicted octanol–water partition coefficient (Wildman–Crippen LogP) is 5.03. The number of amides is 1. The van der Waals surface area contributed by atoms with E-state index in [1.54, 1.807) is 12.1 Å². The van der Waals surface area contributed by atoms with Crippen LogP contribution < -0.4 is 15.9 Å². The lowest BCUT2D eigenvalue weighted by molar-refractivity contribution is -0.991. The van der Waals surface area contributed by atoms with Crippen LogP contribution in [-0.2, 0) is 13.1 Å². The summed E-state index contributed by atoms with van der Waals surface area (Å²) in [6, 6.07) is 14.5. The minimum Gasteiger partial charge on any atom is -0.595 e. The van der Waals surface area contributed by atoms with Crippen LogP contribution in [0, 0.1) is 5.21 Å². The Kier molecular flexibility index (Phi) is 13.4. The van der Waals surface area contributed by atoms with Gasteiger partial charge in [0.2, 0.25) is 0 Å². The third kappa shape index (κ3) is 11.4. The van der Waals surface area contributed by atoms with Gasteiger partial charge in [0.1, 0.15) is 0 Å². The molecule has 0 saturated carbocycles. The number of carbonyl (C=O) groups is 1. The molecule has 6 heteroatoms. The Hall–Kier alpha value is -2.25. The first-order valence-corrected chi connectivity index (χ1v) is 12.5. The molecule has 2 aromatic carbocycles. The Labute approximate surface area is 198 Å². The molecule has 33 heavy (non-hydrogen) atoms. The quantitative estimate of drug-likeness (QED) is 0.199. The van der Waals surface area contributed by atoms with Crippen molar-refractivity contribution in [3.05, 3.63) is 70.4 Å². The molecule has 0 aliphatic rings. The first kappa shape index (κ1) is 27.0. The van der Waals surface area contributed by atoms with Gasteiger partial charge >= 0.3 is 0 Å². The average molecular weight is 456 g/mol. The summed E-state index contributed by atoms with van der Waals surface area (Å²) in [6.45, 7) is 4.25. The van der Waals surface area contributed by atoms with Crippen LogP contribution in [0.2, 0.25) is 0 Å². The van der Waals surface area contributed by atoms with Crippen LogP contribution in [0.25, 0.3) is 0 Å². The highest BCUT2D eigenvalue weighted by Gasteiger charge is 2.06. The summed E-state index contributed by atoms with van der Waals surface area (Å²) in [5.74, 6) is -0.0166. The van der Waals surface area contributed by atoms with Crippen molar-refractivity contribution in [1.29, 1.82) is 0 Å². The van der Waals surface area contributed by atoms with Crippen molar-refractivity contribution in [3.8, 4) is 0 Å². The van der Waals surface area contributed by atoms with E-state index in [4.69, 9.17) is 5.21 Å². The number of rotatable bonds is 17. The van der Waals surface area contributed by atoms with Crippen molar-refractivity contribution in [3.63, 3.8) is 0 Å². The van der Waals surface area contributed by atoms with Gasteiger partial charge in [0.25, 0.3) is 5.91 Å². The smallest absolute Gasteiger partial charge is 0.251 e. The zero-order valence-corrected chi connectivity index (χ0v) is 20.1. The number of quaternary nitrogens is 1. The Bertz CT molecular complexity index is 793. The molecule has 6 nitrogen and oxygen atoms in total. The molecule has 0 aromatic heterocycles. The molecule has 0 aliphatic heterocycles. The molecule has 0 fully saturated rings. The maximum atomic E-state index is 12.5. The molecule has 0 saturated heterocycles. The van der Waals surface area contributed by atoms with E-state index in [9.17, 15) is 10.0 Å². The first-order valence-electron chi connectivity index (χ1n) is 12.5. The Balaban J connectivity index is 1.59. The summed E-state index contributed by atoms with van der Waals surface area (Å²) >= 11 is 0. The largest absolute Gasteiger partial charge is 0.595 e. The van der Waals surface area contributed by atoms with E-state index in [-0.39, 0.29) is 11.6 Å². The Morgan fingerprint density at radius 2 is 1.45 bits per heavy atom. The standard InChI is InChI=1S/C27H41N3O3/c1-2-3-4-5-6-7-8-9-10-11-19-29-27(31)25-14-12-13-24(20-25)22-28-21-23-15-17-26(18-16-23)30(32)33/h12-18,20,28,30,32H,2-11,19,21-22H2,1H3,(H,29,31). The highest BCUT2D eigenvalue weighted by molar-refractivity contribution is 5.94. The molecular weight excluding hydrogens is 414 g/mol. The monoisotopic (exact) mass is 455 g/mol. The molecule has 4 N–H and O–H groups in total. The van der Waals surface area contributed by atoms with E-state index in [1.165, 1.54) is 57.8 Å². The Morgan fingerprint density at radius 1 is 0.848 bits per heavy atom. The summed E-state index contributed by atoms with van der Waals surface area (Å²) in [5, 5.41) is 25.4. The van der Waals surface area contributed by atoms with Gasteiger partial charge in [0.15, 0.2) is 5.69 Å². The highest BCUT2D eigenvalue weighted by atomic mass is 16.8. The zero-order chi connectivity index (χ0) is 23.7. The topological polar surface area (TPSA) is 88.9 Å². The normalized spacial score (nSPS) is 12.0. The van der Waals surface area contributed by atoms with E-state index in [0.29, 0.717) is 18.7 Å². The minimum absolute atomic E-state index is 0.0166. The summed E-state index contributed by atoms with van der Waals surface area (Å²) in [7, 11) is 0. The van der Waals surface area contributed by atoms with Gasteiger partial charge in [0.05, 0.1) is 0 Å². The number of hydrogen-bond donors (Lipinski definition) is 4. The van der Waals surface area contributed by atoms with Crippen LogP contribution in [0.5, 0.6) is 0 Å².